The van der Waals surface area contributed by atoms with Crippen LogP contribution in [-0.4, -0.2) is 133 Å². The van der Waals surface area contributed by atoms with Crippen LogP contribution in [0.15, 0.2) is 83.1 Å². The van der Waals surface area contributed by atoms with E-state index in [9.17, 15) is 37.2 Å². The maximum Gasteiger partial charge on any atom is 0.490 e. The van der Waals surface area contributed by atoms with Crippen LogP contribution < -0.4 is 19.8 Å². The summed E-state index contributed by atoms with van der Waals surface area (Å²) < 4.78 is 72.0. The number of hydrogen-bond acceptors (Lipinski definition) is 22. The first-order valence-corrected chi connectivity index (χ1v) is 38.0. The number of nitrogens with one attached hydrogen (secondary N) is 1. The number of hydrogen-bond donors (Lipinski definition) is 1. The highest BCUT2D eigenvalue weighted by Crippen LogP contribution is 2.61. The second kappa shape index (κ2) is 37.6. The number of nitrogens with zero attached hydrogens (tertiary/aromatic N) is 4. The Hall–Kier alpha value is -6.28. The number of methoxy groups -OCH3 is 5. The predicted octanol–water partition coefficient (Wildman–Crippen LogP) is 17.0. The molecule has 0 spiro atoms. The van der Waals surface area contributed by atoms with E-state index in [1.165, 1.54) is 64.1 Å². The average molecular weight is 1510 g/mol. The van der Waals surface area contributed by atoms with E-state index in [0.717, 1.165) is 106 Å². The Morgan fingerprint density at radius 3 is 1.52 bits per heavy atom. The minimum absolute atomic E-state index is 0. The van der Waals surface area contributed by atoms with Gasteiger partial charge in [-0.1, -0.05) is 42.8 Å². The fraction of sp³-hybridized carbons (Fsp3) is 0.500. The smallest absolute Gasteiger partial charge is 0.481 e. The molecule has 9 heterocycles. The number of pyridine rings is 5. The van der Waals surface area contributed by atoms with Crippen LogP contribution in [0.2, 0.25) is 10.3 Å². The molecule has 31 heteroatoms. The average Bonchev–Trinajstić information content (AvgIpc) is 1.77. The molecule has 14 rings (SSSR count). The Labute approximate surface area is 605 Å². The largest absolute Gasteiger partial charge is 0.490 e. The van der Waals surface area contributed by atoms with E-state index in [1.807, 2.05) is 0 Å². The van der Waals surface area contributed by atoms with Crippen molar-refractivity contribution in [3.05, 3.63) is 150 Å². The van der Waals surface area contributed by atoms with Gasteiger partial charge in [0.15, 0.2) is 0 Å². The molecule has 5 aromatic rings. The van der Waals surface area contributed by atoms with Crippen molar-refractivity contribution >= 4 is 117 Å². The minimum Gasteiger partial charge on any atom is -0.481 e. The van der Waals surface area contributed by atoms with Crippen molar-refractivity contribution in [1.29, 1.82) is 0 Å². The van der Waals surface area contributed by atoms with Crippen molar-refractivity contribution in [3.63, 3.8) is 0 Å². The third kappa shape index (κ3) is 21.9. The fourth-order valence-corrected chi connectivity index (χ4v) is 12.7. The van der Waals surface area contributed by atoms with Crippen molar-refractivity contribution in [3.8, 4) is 17.6 Å². The van der Waals surface area contributed by atoms with Crippen molar-refractivity contribution in [2.75, 3.05) is 41.8 Å². The van der Waals surface area contributed by atoms with E-state index in [-0.39, 0.29) is 114 Å². The molecule has 0 radical (unpaired) electrons. The molecule has 9 aliphatic rings. The summed E-state index contributed by atoms with van der Waals surface area (Å²) in [4.78, 5) is 88.5. The molecule has 0 bridgehead atoms. The van der Waals surface area contributed by atoms with Gasteiger partial charge in [0.05, 0.1) is 91.7 Å². The lowest BCUT2D eigenvalue weighted by Gasteiger charge is -2.32. The first-order valence-electron chi connectivity index (χ1n) is 31.7. The monoisotopic (exact) mass is 1510 g/mol. The summed E-state index contributed by atoms with van der Waals surface area (Å²) >= 11 is 25.6. The van der Waals surface area contributed by atoms with Gasteiger partial charge in [-0.05, 0) is 205 Å². The van der Waals surface area contributed by atoms with E-state index in [2.05, 4.69) is 103 Å². The van der Waals surface area contributed by atoms with Gasteiger partial charge < -0.3 is 52.2 Å². The zero-order valence-corrected chi connectivity index (χ0v) is 61.4. The molecule has 5 aliphatic carbocycles. The van der Waals surface area contributed by atoms with Gasteiger partial charge in [0, 0.05) is 66.1 Å². The molecular weight excluding hydrogens is 1430 g/mol. The number of carbonyl (C=O) groups is 5. The lowest BCUT2D eigenvalue weighted by Crippen LogP contribution is -2.41. The maximum absolute atomic E-state index is 11.7. The Kier molecular flexibility index (Phi) is 31.0. The van der Waals surface area contributed by atoms with Gasteiger partial charge in [-0.3, -0.25) is 9.36 Å². The molecule has 6 atom stereocenters. The predicted molar refractivity (Wildman–Crippen MR) is 380 cm³/mol. The number of rotatable bonds is 7. The molecule has 6 unspecified atom stereocenters. The van der Waals surface area contributed by atoms with E-state index < -0.39 is 11.2 Å². The molecular formula is C68H83BCl5FN5O17PS. The first kappa shape index (κ1) is 81.7. The molecule has 4 aliphatic heterocycles. The number of H-pyrrole nitrogens is 1. The molecule has 4 fully saturated rings. The van der Waals surface area contributed by atoms with Gasteiger partial charge in [-0.2, -0.15) is 3.89 Å². The van der Waals surface area contributed by atoms with Crippen LogP contribution in [0.1, 0.15) is 224 Å². The van der Waals surface area contributed by atoms with Crippen LogP contribution in [0.25, 0.3) is 5.57 Å². The summed E-state index contributed by atoms with van der Waals surface area (Å²) in [5, 5.41) is -2.69. The molecule has 99 heavy (non-hydrogen) atoms. The second-order valence-corrected chi connectivity index (χ2v) is 32.0. The van der Waals surface area contributed by atoms with E-state index in [0.29, 0.717) is 50.7 Å². The standard InChI is InChI=1S/C13H15NO3.C12H13NO3.C11H19BO2.C11H10ClNO2.C11H11NO3.C8H8ClNO3.CH3FS.CH4.Cl3OP/c1-16-11-8-7-10(13(15)17-2)12(14-11)9-5-3-4-6-9;1-15-10-6-5-8-11(13-10)7-3-2-4-9(7)16-12(8)14;1-10(2)11(3,4)14-12(13-10)9-7-5-6-8-9;12-9-5-4-7-10(13-9)6-2-1-3-8(6)15-11(7)14;13-9-5-4-7-10(12-9)6-2-1-3-8(6)15-11(7)14;1-12-6-4-3-5(7(9)10-6)8(11)13-2;1-3-2;;1-5(2,3)4/h5,7-8H,3-4,6H2,1-2H3;5-7,9H,2-4H2,1H3;7H,5-6,8H2,1-4H3;4-6,8H,1-3H2;4-6,8H,1-3H2,(H,12,13);3-4H,1-2H3;1H3;1H4;. The number of allylic oxidation sites excluding steroid dienone is 4. The number of halogens is 6. The fourth-order valence-electron chi connectivity index (χ4n) is 12.3. The number of carbonyl (C=O) groups excluding carboxylic acids is 5. The molecule has 5 aromatic heterocycles. The minimum atomic E-state index is -3.22. The summed E-state index contributed by atoms with van der Waals surface area (Å²) in [5.41, 5.74) is 7.51. The zero-order chi connectivity index (χ0) is 71.6. The van der Waals surface area contributed by atoms with Crippen LogP contribution in [0.3, 0.4) is 0 Å². The zero-order valence-electron chi connectivity index (χ0n) is 55.9. The molecule has 0 amide bonds. The van der Waals surface area contributed by atoms with Gasteiger partial charge >= 0.3 is 42.2 Å². The van der Waals surface area contributed by atoms with Gasteiger partial charge in [0.1, 0.15) is 28.6 Å². The first-order chi connectivity index (χ1) is 46.6. The van der Waals surface area contributed by atoms with Crippen LogP contribution in [0.4, 0.5) is 3.89 Å². The van der Waals surface area contributed by atoms with Crippen LogP contribution in [0, 0.1) is 0 Å². The van der Waals surface area contributed by atoms with Crippen LogP contribution >= 0.6 is 74.3 Å². The molecule has 1 N–H and O–H groups in total. The normalized spacial score (nSPS) is 21.5. The second-order valence-electron chi connectivity index (χ2n) is 24.3. The van der Waals surface area contributed by atoms with Crippen molar-refractivity contribution in [2.24, 2.45) is 0 Å². The van der Waals surface area contributed by atoms with Gasteiger partial charge in [-0.25, -0.2) is 43.9 Å². The quantitative estimate of drug-likeness (QED) is 0.0521. The third-order valence-electron chi connectivity index (χ3n) is 17.7. The van der Waals surface area contributed by atoms with Gasteiger partial charge in [0.2, 0.25) is 23.2 Å². The Bertz CT molecular complexity index is 3820. The summed E-state index contributed by atoms with van der Waals surface area (Å²) in [5.74, 6) is 0.501. The Morgan fingerprint density at radius 2 is 1.02 bits per heavy atom. The number of aromatic nitrogens is 5. The number of aromatic amines is 1. The number of ether oxygens (including phenoxy) is 8. The lowest BCUT2D eigenvalue weighted by atomic mass is 9.78. The summed E-state index contributed by atoms with van der Waals surface area (Å²) in [6.45, 7) is 8.40. The lowest BCUT2D eigenvalue weighted by molar-refractivity contribution is 0.00578. The molecule has 0 aromatic carbocycles. The molecule has 1 saturated heterocycles. The number of fused-ring (bicyclic) bond motifs is 9. The van der Waals surface area contributed by atoms with E-state index >= 15 is 0 Å². The summed E-state index contributed by atoms with van der Waals surface area (Å²) in [7, 11) is 7.18. The topological polar surface area (TPSA) is 279 Å². The summed E-state index contributed by atoms with van der Waals surface area (Å²) in [6.07, 6.45) is 21.6. The SMILES string of the molecule is C.CC1(C)OB(C2=CCCC2)OC1(C)C.COC(=O)c1ccc(OC)nc1C1=CCCC1.COC(=O)c1ccc(OC)nc1Cl.COc1ccc2c(n1)C1CCCC1OC2=O.CSF.O=C1OC2CCCC2c2[nH]c(=O)ccc21.O=C1OC2CCCC2c2nc(Cl)ccc21.O=P(Cl)(Cl)Cl. The maximum atomic E-state index is 11.7. The van der Waals surface area contributed by atoms with Crippen LogP contribution in [0.5, 0.6) is 17.6 Å². The highest BCUT2D eigenvalue weighted by Gasteiger charge is 2.52. The highest BCUT2D eigenvalue weighted by molar-refractivity contribution is 8.24. The van der Waals surface area contributed by atoms with E-state index in [4.69, 9.17) is 65.7 Å². The van der Waals surface area contributed by atoms with Gasteiger partial charge in [-0.15, -0.1) is 0 Å². The molecule has 22 nitrogen and oxygen atoms in total. The van der Waals surface area contributed by atoms with E-state index in [1.54, 1.807) is 56.7 Å². The third-order valence-corrected chi connectivity index (χ3v) is 18.2. The van der Waals surface area contributed by atoms with Crippen LogP contribution in [-0.2, 0) is 37.6 Å². The molecule has 3 saturated carbocycles. The summed E-state index contributed by atoms with van der Waals surface area (Å²) in [6, 6.07) is 16.1. The van der Waals surface area contributed by atoms with Crippen molar-refractivity contribution in [1.82, 2.24) is 24.9 Å². The molecule has 538 valence electrons. The van der Waals surface area contributed by atoms with Crippen molar-refractivity contribution < 1.29 is 79.6 Å². The highest BCUT2D eigenvalue weighted by atomic mass is 36.0. The van der Waals surface area contributed by atoms with Crippen molar-refractivity contribution in [2.45, 2.75) is 179 Å². The Morgan fingerprint density at radius 1 is 0.586 bits per heavy atom. The van der Waals surface area contributed by atoms with Gasteiger partial charge in [0.25, 0.3) is 0 Å². The number of esters is 5. The Balaban J connectivity index is 0.000000183.